The van der Waals surface area contributed by atoms with Gasteiger partial charge < -0.3 is 14.9 Å². The molecular weight excluding hydrogens is 536 g/mol. The minimum Gasteiger partial charge on any atom is -0.479 e. The quantitative estimate of drug-likeness (QED) is 0.182. The Kier molecular flexibility index (Phi) is 11.7. The second kappa shape index (κ2) is 15.0. The number of aryl methyl sites for hydroxylation is 2. The molecule has 0 aliphatic rings. The first-order valence-corrected chi connectivity index (χ1v) is 15.7. The summed E-state index contributed by atoms with van der Waals surface area (Å²) in [6.45, 7) is 0. The zero-order chi connectivity index (χ0) is 28.3. The van der Waals surface area contributed by atoms with Crippen molar-refractivity contribution < 1.29 is 33.0 Å². The Morgan fingerprint density at radius 2 is 1.44 bits per heavy atom. The van der Waals surface area contributed by atoms with E-state index in [4.69, 9.17) is 4.74 Å². The number of rotatable bonds is 17. The largest absolute Gasteiger partial charge is 0.479 e. The summed E-state index contributed by atoms with van der Waals surface area (Å²) in [5, 5.41) is 17.6. The molecule has 0 fully saturated rings. The molecule has 0 aliphatic heterocycles. The maximum Gasteiger partial charge on any atom is 0.345 e. The molecule has 0 spiro atoms. The molecule has 0 bridgehead atoms. The highest BCUT2D eigenvalue weighted by molar-refractivity contribution is 7.91. The van der Waals surface area contributed by atoms with Gasteiger partial charge in [-0.15, -0.1) is 11.3 Å². The van der Waals surface area contributed by atoms with E-state index in [9.17, 15) is 28.2 Å². The Bertz CT molecular complexity index is 1320. The molecule has 2 unspecified atom stereocenters. The van der Waals surface area contributed by atoms with Crippen molar-refractivity contribution in [2.75, 3.05) is 7.11 Å². The monoisotopic (exact) mass is 572 g/mol. The number of carboxylic acid groups (broad SMARTS) is 2. The molecule has 2 atom stereocenters. The molecule has 2 aromatic carbocycles. The Morgan fingerprint density at radius 3 is 2.05 bits per heavy atom. The van der Waals surface area contributed by atoms with Gasteiger partial charge in [-0.3, -0.25) is 0 Å². The standard InChI is InChI=1S/C30H36O7S2/c1-37-27(30(33)34)28(39(35,36)21-24-19-20-26(38-24)29(31)32)25-18-12-11-17-23(25)16-10-5-3-2-4-7-13-22-14-8-6-9-15-22/h6,8-9,11-12,14-15,17-20,27-28H,2-5,7,10,13,16,21H2,1H3,(H,31,32)(H,33,34). The van der Waals surface area contributed by atoms with E-state index in [1.54, 1.807) is 12.1 Å². The lowest BCUT2D eigenvalue weighted by molar-refractivity contribution is -0.148. The smallest absolute Gasteiger partial charge is 0.345 e. The van der Waals surface area contributed by atoms with E-state index in [1.165, 1.54) is 24.8 Å². The molecule has 0 amide bonds. The van der Waals surface area contributed by atoms with Crippen LogP contribution in [0.5, 0.6) is 0 Å². The number of hydrogen-bond acceptors (Lipinski definition) is 6. The van der Waals surface area contributed by atoms with Crippen LogP contribution in [0.15, 0.2) is 66.7 Å². The van der Waals surface area contributed by atoms with Gasteiger partial charge in [0, 0.05) is 12.0 Å². The predicted molar refractivity (Wildman–Crippen MR) is 153 cm³/mol. The Balaban J connectivity index is 1.66. The lowest BCUT2D eigenvalue weighted by Crippen LogP contribution is -2.36. The maximum atomic E-state index is 13.6. The van der Waals surface area contributed by atoms with Gasteiger partial charge in [0.05, 0.1) is 5.75 Å². The van der Waals surface area contributed by atoms with Crippen LogP contribution in [0.1, 0.15) is 75.0 Å². The molecule has 7 nitrogen and oxygen atoms in total. The lowest BCUT2D eigenvalue weighted by atomic mass is 9.96. The van der Waals surface area contributed by atoms with E-state index < -0.39 is 38.9 Å². The molecule has 3 aromatic rings. The van der Waals surface area contributed by atoms with E-state index in [2.05, 4.69) is 24.3 Å². The van der Waals surface area contributed by atoms with Crippen LogP contribution in [0.2, 0.25) is 0 Å². The van der Waals surface area contributed by atoms with E-state index in [0.717, 1.165) is 61.8 Å². The molecular formula is C30H36O7S2. The second-order valence-corrected chi connectivity index (χ2v) is 12.9. The van der Waals surface area contributed by atoms with Crippen molar-refractivity contribution in [3.63, 3.8) is 0 Å². The van der Waals surface area contributed by atoms with Crippen molar-refractivity contribution in [1.29, 1.82) is 0 Å². The Hall–Kier alpha value is -3.01. The zero-order valence-corrected chi connectivity index (χ0v) is 23.8. The lowest BCUT2D eigenvalue weighted by Gasteiger charge is -2.25. The minimum atomic E-state index is -4.08. The first-order valence-electron chi connectivity index (χ1n) is 13.1. The van der Waals surface area contributed by atoms with Gasteiger partial charge in [0.15, 0.2) is 15.9 Å². The average molecular weight is 573 g/mol. The molecule has 2 N–H and O–H groups in total. The van der Waals surface area contributed by atoms with E-state index in [0.29, 0.717) is 16.9 Å². The first-order chi connectivity index (χ1) is 18.7. The summed E-state index contributed by atoms with van der Waals surface area (Å²) in [4.78, 5) is 23.7. The maximum absolute atomic E-state index is 13.6. The van der Waals surface area contributed by atoms with Crippen LogP contribution in [-0.4, -0.2) is 43.8 Å². The van der Waals surface area contributed by atoms with Crippen LogP contribution in [-0.2, 0) is 38.0 Å². The third-order valence-corrected chi connectivity index (χ3v) is 9.99. The minimum absolute atomic E-state index is 0.0266. The van der Waals surface area contributed by atoms with E-state index in [1.807, 2.05) is 18.2 Å². The summed E-state index contributed by atoms with van der Waals surface area (Å²) in [5.74, 6) is -2.98. The van der Waals surface area contributed by atoms with Crippen molar-refractivity contribution in [1.82, 2.24) is 0 Å². The molecule has 39 heavy (non-hydrogen) atoms. The van der Waals surface area contributed by atoms with E-state index >= 15 is 0 Å². The summed E-state index contributed by atoms with van der Waals surface area (Å²) < 4.78 is 32.5. The zero-order valence-electron chi connectivity index (χ0n) is 22.1. The Labute approximate surface area is 234 Å². The van der Waals surface area contributed by atoms with Crippen LogP contribution < -0.4 is 0 Å². The second-order valence-electron chi connectivity index (χ2n) is 9.60. The predicted octanol–water partition coefficient (Wildman–Crippen LogP) is 6.33. The van der Waals surface area contributed by atoms with Crippen LogP contribution in [0.3, 0.4) is 0 Å². The average Bonchev–Trinajstić information content (AvgIpc) is 3.37. The molecule has 210 valence electrons. The number of unbranched alkanes of at least 4 members (excludes halogenated alkanes) is 5. The van der Waals surface area contributed by atoms with Crippen LogP contribution in [0.4, 0.5) is 0 Å². The van der Waals surface area contributed by atoms with Gasteiger partial charge in [-0.2, -0.15) is 0 Å². The summed E-state index contributed by atoms with van der Waals surface area (Å²) in [6.07, 6.45) is 6.50. The number of sulfone groups is 1. The fraction of sp³-hybridized carbons (Fsp3) is 0.400. The van der Waals surface area contributed by atoms with Crippen molar-refractivity contribution in [2.45, 2.75) is 68.5 Å². The number of hydrogen-bond donors (Lipinski definition) is 2. The van der Waals surface area contributed by atoms with Gasteiger partial charge >= 0.3 is 11.9 Å². The normalized spacial score (nSPS) is 13.2. The highest BCUT2D eigenvalue weighted by Crippen LogP contribution is 2.35. The van der Waals surface area contributed by atoms with Gasteiger partial charge in [-0.05, 0) is 54.5 Å². The molecule has 0 saturated carbocycles. The number of benzene rings is 2. The number of aromatic carboxylic acids is 1. The number of thiophene rings is 1. The third-order valence-electron chi connectivity index (χ3n) is 6.74. The number of methoxy groups -OCH3 is 1. The number of carbonyl (C=O) groups is 2. The molecule has 1 aromatic heterocycles. The van der Waals surface area contributed by atoms with E-state index in [-0.39, 0.29) is 4.88 Å². The Morgan fingerprint density at radius 1 is 0.821 bits per heavy atom. The molecule has 1 heterocycles. The molecule has 0 aliphatic carbocycles. The highest BCUT2D eigenvalue weighted by atomic mass is 32.2. The molecule has 0 saturated heterocycles. The van der Waals surface area contributed by atoms with Gasteiger partial charge in [-0.1, -0.05) is 80.3 Å². The summed E-state index contributed by atoms with van der Waals surface area (Å²) in [6, 6.07) is 20.3. The van der Waals surface area contributed by atoms with Crippen LogP contribution >= 0.6 is 11.3 Å². The van der Waals surface area contributed by atoms with Crippen LogP contribution in [0, 0.1) is 0 Å². The SMILES string of the molecule is COC(C(=O)O)C(c1ccccc1CCCCCCCCc1ccccc1)S(=O)(=O)Cc1ccc(C(=O)O)s1. The number of aliphatic carboxylic acids is 1. The fourth-order valence-corrected chi connectivity index (χ4v) is 8.06. The fourth-order valence-electron chi connectivity index (χ4n) is 4.79. The molecule has 3 rings (SSSR count). The van der Waals surface area contributed by atoms with Crippen molar-refractivity contribution in [3.8, 4) is 0 Å². The topological polar surface area (TPSA) is 118 Å². The van der Waals surface area contributed by atoms with Crippen molar-refractivity contribution >= 4 is 33.1 Å². The van der Waals surface area contributed by atoms with Crippen molar-refractivity contribution in [3.05, 3.63) is 93.2 Å². The van der Waals surface area contributed by atoms with Crippen molar-refractivity contribution in [2.24, 2.45) is 0 Å². The van der Waals surface area contributed by atoms with Gasteiger partial charge in [0.2, 0.25) is 0 Å². The van der Waals surface area contributed by atoms with Crippen LogP contribution in [0.25, 0.3) is 0 Å². The van der Waals surface area contributed by atoms with Gasteiger partial charge in [0.25, 0.3) is 0 Å². The number of carboxylic acids is 2. The summed E-state index contributed by atoms with van der Waals surface area (Å²) in [5.41, 5.74) is 2.57. The number of ether oxygens (including phenoxy) is 1. The third kappa shape index (κ3) is 9.02. The summed E-state index contributed by atoms with van der Waals surface area (Å²) in [7, 11) is -2.89. The first kappa shape index (κ1) is 30.5. The molecule has 9 heteroatoms. The highest BCUT2D eigenvalue weighted by Gasteiger charge is 2.41. The summed E-state index contributed by atoms with van der Waals surface area (Å²) >= 11 is 0.869. The van der Waals surface area contributed by atoms with Gasteiger partial charge in [-0.25, -0.2) is 18.0 Å². The van der Waals surface area contributed by atoms with Gasteiger partial charge in [0.1, 0.15) is 10.1 Å². The molecule has 0 radical (unpaired) electrons.